The fourth-order valence-corrected chi connectivity index (χ4v) is 2.40. The summed E-state index contributed by atoms with van der Waals surface area (Å²) < 4.78 is 6.05. The molecule has 0 bridgehead atoms. The van der Waals surface area contributed by atoms with E-state index in [0.717, 1.165) is 24.3 Å². The fourth-order valence-electron chi connectivity index (χ4n) is 2.40. The van der Waals surface area contributed by atoms with Crippen LogP contribution in [-0.4, -0.2) is 6.54 Å². The second kappa shape index (κ2) is 6.05. The Hall–Kier alpha value is -1.28. The van der Waals surface area contributed by atoms with Crippen LogP contribution in [0.15, 0.2) is 28.7 Å². The van der Waals surface area contributed by atoms with E-state index >= 15 is 0 Å². The van der Waals surface area contributed by atoms with Gasteiger partial charge in [-0.3, -0.25) is 0 Å². The van der Waals surface area contributed by atoms with Gasteiger partial charge in [0, 0.05) is 5.39 Å². The number of benzene rings is 1. The van der Waals surface area contributed by atoms with E-state index in [1.165, 1.54) is 23.8 Å². The molecule has 0 amide bonds. The summed E-state index contributed by atoms with van der Waals surface area (Å²) in [6, 6.07) is 8.85. The predicted molar refractivity (Wildman–Crippen MR) is 76.9 cm³/mol. The number of hydrogen-bond donors (Lipinski definition) is 1. The molecule has 0 fully saturated rings. The third-order valence-electron chi connectivity index (χ3n) is 3.40. The molecular formula is C16H23NO. The van der Waals surface area contributed by atoms with Crippen LogP contribution in [-0.2, 0) is 0 Å². The van der Waals surface area contributed by atoms with Crippen molar-refractivity contribution in [3.05, 3.63) is 35.6 Å². The minimum absolute atomic E-state index is 0.349. The maximum atomic E-state index is 6.05. The third kappa shape index (κ3) is 2.75. The molecular weight excluding hydrogens is 222 g/mol. The third-order valence-corrected chi connectivity index (χ3v) is 3.40. The average Bonchev–Trinajstić information content (AvgIpc) is 2.80. The first-order valence-electron chi connectivity index (χ1n) is 6.98. The second-order valence-corrected chi connectivity index (χ2v) is 4.89. The minimum atomic E-state index is 0.349. The maximum Gasteiger partial charge on any atom is 0.137 e. The lowest BCUT2D eigenvalue weighted by Gasteiger charge is -2.14. The van der Waals surface area contributed by atoms with Gasteiger partial charge < -0.3 is 9.73 Å². The van der Waals surface area contributed by atoms with Crippen LogP contribution in [0, 0.1) is 6.92 Å². The number of nitrogens with one attached hydrogen (secondary N) is 1. The van der Waals surface area contributed by atoms with Gasteiger partial charge in [-0.15, -0.1) is 0 Å². The quantitative estimate of drug-likeness (QED) is 0.805. The molecule has 1 atom stereocenters. The largest absolute Gasteiger partial charge is 0.459 e. The van der Waals surface area contributed by atoms with Crippen LogP contribution in [0.3, 0.4) is 0 Å². The molecule has 0 saturated heterocycles. The van der Waals surface area contributed by atoms with Crippen molar-refractivity contribution in [3.8, 4) is 0 Å². The number of fused-ring (bicyclic) bond motifs is 1. The lowest BCUT2D eigenvalue weighted by molar-refractivity contribution is 0.408. The highest BCUT2D eigenvalue weighted by Crippen LogP contribution is 2.28. The summed E-state index contributed by atoms with van der Waals surface area (Å²) in [5.41, 5.74) is 2.25. The van der Waals surface area contributed by atoms with E-state index in [0.29, 0.717) is 6.04 Å². The normalized spacial score (nSPS) is 13.1. The summed E-state index contributed by atoms with van der Waals surface area (Å²) in [5.74, 6) is 1.08. The van der Waals surface area contributed by atoms with Crippen molar-refractivity contribution in [2.24, 2.45) is 0 Å². The Kier molecular flexibility index (Phi) is 4.43. The highest BCUT2D eigenvalue weighted by atomic mass is 16.3. The van der Waals surface area contributed by atoms with Crippen LogP contribution in [0.5, 0.6) is 0 Å². The predicted octanol–water partition coefficient (Wildman–Crippen LogP) is 4.58. The zero-order valence-electron chi connectivity index (χ0n) is 11.6. The average molecular weight is 245 g/mol. The van der Waals surface area contributed by atoms with Crippen LogP contribution < -0.4 is 5.32 Å². The van der Waals surface area contributed by atoms with Gasteiger partial charge in [0.25, 0.3) is 0 Å². The molecule has 1 unspecified atom stereocenters. The zero-order valence-corrected chi connectivity index (χ0v) is 11.6. The van der Waals surface area contributed by atoms with Gasteiger partial charge in [-0.1, -0.05) is 44.9 Å². The number of unbranched alkanes of at least 4 members (excludes halogenated alkanes) is 1. The van der Waals surface area contributed by atoms with E-state index < -0.39 is 0 Å². The van der Waals surface area contributed by atoms with Crippen LogP contribution >= 0.6 is 0 Å². The Labute approximate surface area is 109 Å². The molecule has 0 aliphatic heterocycles. The second-order valence-electron chi connectivity index (χ2n) is 4.89. The van der Waals surface area contributed by atoms with Gasteiger partial charge in [0.05, 0.1) is 6.04 Å². The van der Waals surface area contributed by atoms with E-state index in [4.69, 9.17) is 4.42 Å². The van der Waals surface area contributed by atoms with Crippen molar-refractivity contribution in [1.82, 2.24) is 5.32 Å². The van der Waals surface area contributed by atoms with Crippen LogP contribution in [0.2, 0.25) is 0 Å². The molecule has 1 aromatic carbocycles. The smallest absolute Gasteiger partial charge is 0.137 e. The van der Waals surface area contributed by atoms with E-state index in [-0.39, 0.29) is 0 Å². The Balaban J connectivity index is 2.29. The molecule has 2 heteroatoms. The highest BCUT2D eigenvalue weighted by molar-refractivity contribution is 5.80. The SMILES string of the molecule is CCCCC(NCC)c1cc2cccc(C)c2o1. The van der Waals surface area contributed by atoms with E-state index in [2.05, 4.69) is 50.4 Å². The summed E-state index contributed by atoms with van der Waals surface area (Å²) in [7, 11) is 0. The number of furan rings is 1. The Morgan fingerprint density at radius 1 is 1.28 bits per heavy atom. The lowest BCUT2D eigenvalue weighted by Crippen LogP contribution is -2.20. The maximum absolute atomic E-state index is 6.05. The van der Waals surface area contributed by atoms with Crippen molar-refractivity contribution in [3.63, 3.8) is 0 Å². The first-order valence-corrected chi connectivity index (χ1v) is 6.98. The zero-order chi connectivity index (χ0) is 13.0. The van der Waals surface area contributed by atoms with Crippen LogP contribution in [0.4, 0.5) is 0 Å². The van der Waals surface area contributed by atoms with Crippen LogP contribution in [0.1, 0.15) is 50.5 Å². The Morgan fingerprint density at radius 3 is 2.78 bits per heavy atom. The summed E-state index contributed by atoms with van der Waals surface area (Å²) >= 11 is 0. The van der Waals surface area contributed by atoms with Gasteiger partial charge in [0.2, 0.25) is 0 Å². The number of hydrogen-bond acceptors (Lipinski definition) is 2. The molecule has 0 saturated carbocycles. The van der Waals surface area contributed by atoms with Gasteiger partial charge in [0.1, 0.15) is 11.3 Å². The minimum Gasteiger partial charge on any atom is -0.459 e. The fraction of sp³-hybridized carbons (Fsp3) is 0.500. The van der Waals surface area contributed by atoms with E-state index in [9.17, 15) is 0 Å². The Bertz CT molecular complexity index is 501. The molecule has 0 spiro atoms. The molecule has 0 aliphatic carbocycles. The van der Waals surface area contributed by atoms with Gasteiger partial charge in [-0.2, -0.15) is 0 Å². The molecule has 2 rings (SSSR count). The molecule has 0 aliphatic rings. The summed E-state index contributed by atoms with van der Waals surface area (Å²) in [4.78, 5) is 0. The van der Waals surface area contributed by atoms with E-state index in [1.54, 1.807) is 0 Å². The summed E-state index contributed by atoms with van der Waals surface area (Å²) in [6.07, 6.45) is 3.60. The number of para-hydroxylation sites is 1. The standard InChI is InChI=1S/C16H23NO/c1-4-6-10-14(17-5-2)15-11-13-9-7-8-12(3)16(13)18-15/h7-9,11,14,17H,4-6,10H2,1-3H3. The summed E-state index contributed by atoms with van der Waals surface area (Å²) in [5, 5.41) is 4.73. The molecule has 0 radical (unpaired) electrons. The monoisotopic (exact) mass is 245 g/mol. The van der Waals surface area contributed by atoms with Gasteiger partial charge in [0.15, 0.2) is 0 Å². The van der Waals surface area contributed by atoms with Crippen LogP contribution in [0.25, 0.3) is 11.0 Å². The molecule has 98 valence electrons. The molecule has 1 heterocycles. The molecule has 1 N–H and O–H groups in total. The highest BCUT2D eigenvalue weighted by Gasteiger charge is 2.15. The summed E-state index contributed by atoms with van der Waals surface area (Å²) in [6.45, 7) is 7.45. The molecule has 18 heavy (non-hydrogen) atoms. The van der Waals surface area contributed by atoms with Gasteiger partial charge in [-0.05, 0) is 31.5 Å². The topological polar surface area (TPSA) is 25.2 Å². The van der Waals surface area contributed by atoms with Gasteiger partial charge in [-0.25, -0.2) is 0 Å². The van der Waals surface area contributed by atoms with Crippen molar-refractivity contribution >= 4 is 11.0 Å². The molecule has 2 aromatic rings. The number of aryl methyl sites for hydroxylation is 1. The molecule has 2 nitrogen and oxygen atoms in total. The Morgan fingerprint density at radius 2 is 2.11 bits per heavy atom. The van der Waals surface area contributed by atoms with Crippen molar-refractivity contribution < 1.29 is 4.42 Å². The van der Waals surface area contributed by atoms with Gasteiger partial charge >= 0.3 is 0 Å². The lowest BCUT2D eigenvalue weighted by atomic mass is 10.1. The first-order chi connectivity index (χ1) is 8.76. The van der Waals surface area contributed by atoms with Crippen molar-refractivity contribution in [2.75, 3.05) is 6.54 Å². The van der Waals surface area contributed by atoms with Crippen molar-refractivity contribution in [1.29, 1.82) is 0 Å². The first kappa shape index (κ1) is 13.2. The molecule has 1 aromatic heterocycles. The number of rotatable bonds is 6. The van der Waals surface area contributed by atoms with Crippen molar-refractivity contribution in [2.45, 2.75) is 46.1 Å². The van der Waals surface area contributed by atoms with E-state index in [1.807, 2.05) is 0 Å².